The van der Waals surface area contributed by atoms with Gasteiger partial charge in [-0.25, -0.2) is 4.68 Å². The summed E-state index contributed by atoms with van der Waals surface area (Å²) >= 11 is 0. The first-order chi connectivity index (χ1) is 10.8. The van der Waals surface area contributed by atoms with Crippen LogP contribution in [0.15, 0.2) is 53.3 Å². The number of aromatic nitrogens is 6. The molecule has 1 N–H and O–H groups in total. The third-order valence-electron chi connectivity index (χ3n) is 3.25. The molecule has 0 aliphatic rings. The predicted molar refractivity (Wildman–Crippen MR) is 79.2 cm³/mol. The zero-order valence-electron chi connectivity index (χ0n) is 11.8. The van der Waals surface area contributed by atoms with Crippen molar-refractivity contribution in [3.63, 3.8) is 0 Å². The molecule has 0 atom stereocenters. The second-order valence-corrected chi connectivity index (χ2v) is 4.83. The minimum Gasteiger partial charge on any atom is -0.332 e. The topological polar surface area (TPSA) is 85.4 Å². The Kier molecular flexibility index (Phi) is 2.82. The van der Waals surface area contributed by atoms with Gasteiger partial charge in [0.1, 0.15) is 0 Å². The minimum absolute atomic E-state index is 0.384. The Bertz CT molecular complexity index is 906. The van der Waals surface area contributed by atoms with Crippen molar-refractivity contribution in [2.75, 3.05) is 0 Å². The SMILES string of the molecule is Cc1cc(-c2nc(-c3ccccc3-n3cccn3)no2)n[nH]1. The smallest absolute Gasteiger partial charge is 0.278 e. The zero-order valence-corrected chi connectivity index (χ0v) is 11.8. The number of hydrogen-bond acceptors (Lipinski definition) is 5. The van der Waals surface area contributed by atoms with Crippen molar-refractivity contribution < 1.29 is 4.52 Å². The Morgan fingerprint density at radius 1 is 1.18 bits per heavy atom. The molecule has 0 bridgehead atoms. The third-order valence-corrected chi connectivity index (χ3v) is 3.25. The molecule has 0 aliphatic heterocycles. The molecule has 0 unspecified atom stereocenters. The zero-order chi connectivity index (χ0) is 14.9. The summed E-state index contributed by atoms with van der Waals surface area (Å²) in [5, 5.41) is 15.3. The van der Waals surface area contributed by atoms with Gasteiger partial charge in [0.15, 0.2) is 5.69 Å². The molecule has 108 valence electrons. The van der Waals surface area contributed by atoms with Crippen molar-refractivity contribution in [2.24, 2.45) is 0 Å². The van der Waals surface area contributed by atoms with Gasteiger partial charge in [-0.1, -0.05) is 17.3 Å². The van der Waals surface area contributed by atoms with Crippen molar-refractivity contribution in [3.05, 3.63) is 54.5 Å². The molecule has 1 aromatic carbocycles. The van der Waals surface area contributed by atoms with Gasteiger partial charge in [-0.2, -0.15) is 15.2 Å². The van der Waals surface area contributed by atoms with Gasteiger partial charge >= 0.3 is 0 Å². The average Bonchev–Trinajstić information content (AvgIpc) is 3.28. The van der Waals surface area contributed by atoms with Crippen LogP contribution in [0.4, 0.5) is 0 Å². The number of rotatable bonds is 3. The summed E-state index contributed by atoms with van der Waals surface area (Å²) in [6.45, 7) is 1.92. The van der Waals surface area contributed by atoms with Gasteiger partial charge in [0, 0.05) is 23.7 Å². The fraction of sp³-hybridized carbons (Fsp3) is 0.0667. The summed E-state index contributed by atoms with van der Waals surface area (Å²) in [6.07, 6.45) is 3.60. The van der Waals surface area contributed by atoms with Gasteiger partial charge < -0.3 is 4.52 Å². The van der Waals surface area contributed by atoms with Gasteiger partial charge in [0.05, 0.1) is 5.69 Å². The van der Waals surface area contributed by atoms with Crippen molar-refractivity contribution in [2.45, 2.75) is 6.92 Å². The maximum absolute atomic E-state index is 5.32. The number of aromatic amines is 1. The molecular weight excluding hydrogens is 280 g/mol. The molecule has 3 heterocycles. The summed E-state index contributed by atoms with van der Waals surface area (Å²) in [6, 6.07) is 11.5. The van der Waals surface area contributed by atoms with E-state index in [-0.39, 0.29) is 0 Å². The number of H-pyrrole nitrogens is 1. The van der Waals surface area contributed by atoms with Crippen LogP contribution in [0.3, 0.4) is 0 Å². The van der Waals surface area contributed by atoms with E-state index in [1.54, 1.807) is 10.9 Å². The van der Waals surface area contributed by atoms with Crippen LogP contribution in [-0.2, 0) is 0 Å². The number of hydrogen-bond donors (Lipinski definition) is 1. The van der Waals surface area contributed by atoms with Crippen LogP contribution in [0.25, 0.3) is 28.7 Å². The van der Waals surface area contributed by atoms with E-state index in [1.165, 1.54) is 0 Å². The number of benzene rings is 1. The molecule has 0 saturated heterocycles. The van der Waals surface area contributed by atoms with Crippen LogP contribution in [0, 0.1) is 6.92 Å². The Morgan fingerprint density at radius 3 is 2.86 bits per heavy atom. The largest absolute Gasteiger partial charge is 0.332 e. The Balaban J connectivity index is 1.79. The van der Waals surface area contributed by atoms with Gasteiger partial charge in [-0.15, -0.1) is 0 Å². The lowest BCUT2D eigenvalue weighted by atomic mass is 10.1. The van der Waals surface area contributed by atoms with Crippen LogP contribution in [0.2, 0.25) is 0 Å². The highest BCUT2D eigenvalue weighted by atomic mass is 16.5. The van der Waals surface area contributed by atoms with E-state index in [2.05, 4.69) is 25.4 Å². The van der Waals surface area contributed by atoms with Crippen molar-refractivity contribution in [1.82, 2.24) is 30.1 Å². The number of nitrogens with zero attached hydrogens (tertiary/aromatic N) is 5. The first-order valence-electron chi connectivity index (χ1n) is 6.77. The normalized spacial score (nSPS) is 11.0. The van der Waals surface area contributed by atoms with E-state index < -0.39 is 0 Å². The monoisotopic (exact) mass is 292 g/mol. The predicted octanol–water partition coefficient (Wildman–Crippen LogP) is 2.62. The highest BCUT2D eigenvalue weighted by Crippen LogP contribution is 2.26. The lowest BCUT2D eigenvalue weighted by Crippen LogP contribution is -1.97. The van der Waals surface area contributed by atoms with Crippen molar-refractivity contribution >= 4 is 0 Å². The molecule has 7 nitrogen and oxygen atoms in total. The van der Waals surface area contributed by atoms with Gasteiger partial charge in [0.25, 0.3) is 5.89 Å². The molecular formula is C15H12N6O. The van der Waals surface area contributed by atoms with Crippen LogP contribution in [-0.4, -0.2) is 30.1 Å². The van der Waals surface area contributed by atoms with E-state index in [1.807, 2.05) is 49.5 Å². The standard InChI is InChI=1S/C15H12N6O/c1-10-9-12(19-18-10)15-17-14(20-22-15)11-5-2-3-6-13(11)21-8-4-7-16-21/h2-9H,1H3,(H,18,19). The van der Waals surface area contributed by atoms with Crippen LogP contribution >= 0.6 is 0 Å². The fourth-order valence-electron chi connectivity index (χ4n) is 2.24. The Hall–Kier alpha value is -3.22. The van der Waals surface area contributed by atoms with Crippen molar-refractivity contribution in [3.8, 4) is 28.7 Å². The van der Waals surface area contributed by atoms with Crippen molar-refractivity contribution in [1.29, 1.82) is 0 Å². The first kappa shape index (κ1) is 12.5. The Morgan fingerprint density at radius 2 is 2.09 bits per heavy atom. The van der Waals surface area contributed by atoms with E-state index in [0.717, 1.165) is 16.9 Å². The highest BCUT2D eigenvalue weighted by molar-refractivity contribution is 5.68. The number of aryl methyl sites for hydroxylation is 1. The molecule has 7 heteroatoms. The second-order valence-electron chi connectivity index (χ2n) is 4.83. The average molecular weight is 292 g/mol. The highest BCUT2D eigenvalue weighted by Gasteiger charge is 2.16. The molecule has 0 spiro atoms. The third kappa shape index (κ3) is 2.08. The van der Waals surface area contributed by atoms with Gasteiger partial charge in [-0.05, 0) is 31.2 Å². The lowest BCUT2D eigenvalue weighted by Gasteiger charge is -2.05. The minimum atomic E-state index is 0.384. The summed E-state index contributed by atoms with van der Waals surface area (Å²) in [7, 11) is 0. The first-order valence-corrected chi connectivity index (χ1v) is 6.77. The summed E-state index contributed by atoms with van der Waals surface area (Å²) < 4.78 is 7.09. The van der Waals surface area contributed by atoms with E-state index in [9.17, 15) is 0 Å². The van der Waals surface area contributed by atoms with Crippen LogP contribution in [0.5, 0.6) is 0 Å². The fourth-order valence-corrected chi connectivity index (χ4v) is 2.24. The summed E-state index contributed by atoms with van der Waals surface area (Å²) in [4.78, 5) is 4.43. The molecule has 4 aromatic rings. The maximum Gasteiger partial charge on any atom is 0.278 e. The van der Waals surface area contributed by atoms with E-state index in [4.69, 9.17) is 4.52 Å². The molecule has 0 amide bonds. The molecule has 4 rings (SSSR count). The molecule has 0 radical (unpaired) electrons. The molecule has 22 heavy (non-hydrogen) atoms. The quantitative estimate of drug-likeness (QED) is 0.627. The maximum atomic E-state index is 5.32. The Labute approximate surface area is 125 Å². The molecule has 0 fully saturated rings. The summed E-state index contributed by atoms with van der Waals surface area (Å²) in [5.74, 6) is 0.886. The molecule has 3 aromatic heterocycles. The molecule has 0 saturated carbocycles. The van der Waals surface area contributed by atoms with E-state index in [0.29, 0.717) is 17.4 Å². The number of para-hydroxylation sites is 1. The summed E-state index contributed by atoms with van der Waals surface area (Å²) in [5.41, 5.74) is 3.30. The molecule has 0 aliphatic carbocycles. The number of nitrogens with one attached hydrogen (secondary N) is 1. The van der Waals surface area contributed by atoms with Gasteiger partial charge in [-0.3, -0.25) is 5.10 Å². The van der Waals surface area contributed by atoms with E-state index >= 15 is 0 Å². The van der Waals surface area contributed by atoms with Crippen LogP contribution in [0.1, 0.15) is 5.69 Å². The lowest BCUT2D eigenvalue weighted by molar-refractivity contribution is 0.431. The van der Waals surface area contributed by atoms with Gasteiger partial charge in [0.2, 0.25) is 5.82 Å². The van der Waals surface area contributed by atoms with Crippen LogP contribution < -0.4 is 0 Å². The second kappa shape index (κ2) is 4.96.